The summed E-state index contributed by atoms with van der Waals surface area (Å²) in [4.78, 5) is 88.1. The van der Waals surface area contributed by atoms with Crippen molar-refractivity contribution in [3.63, 3.8) is 0 Å². The summed E-state index contributed by atoms with van der Waals surface area (Å²) in [5.74, 6) is -1.43. The Morgan fingerprint density at radius 1 is 0.632 bits per heavy atom. The highest BCUT2D eigenvalue weighted by molar-refractivity contribution is 5.95. The van der Waals surface area contributed by atoms with Gasteiger partial charge in [-0.15, -0.1) is 0 Å². The smallest absolute Gasteiger partial charge is 0.319 e. The lowest BCUT2D eigenvalue weighted by atomic mass is 9.83. The van der Waals surface area contributed by atoms with E-state index in [1.165, 1.54) is 11.1 Å². The van der Waals surface area contributed by atoms with Crippen LogP contribution in [0.4, 0.5) is 10.5 Å². The first-order chi connectivity index (χ1) is 32.3. The molecular formula is C53H73N9O6. The minimum atomic E-state index is -0.945. The molecule has 2 heterocycles. The van der Waals surface area contributed by atoms with E-state index in [0.717, 1.165) is 60.8 Å². The zero-order valence-electron chi connectivity index (χ0n) is 41.4. The summed E-state index contributed by atoms with van der Waals surface area (Å²) >= 11 is 0. The van der Waals surface area contributed by atoms with Gasteiger partial charge in [0.05, 0.1) is 30.2 Å². The van der Waals surface area contributed by atoms with Gasteiger partial charge in [0.25, 0.3) is 0 Å². The fourth-order valence-corrected chi connectivity index (χ4v) is 10.6. The van der Waals surface area contributed by atoms with Crippen molar-refractivity contribution < 1.29 is 28.8 Å². The summed E-state index contributed by atoms with van der Waals surface area (Å²) in [6.45, 7) is 13.5. The molecule has 0 bridgehead atoms. The van der Waals surface area contributed by atoms with Crippen LogP contribution in [0.25, 0.3) is 0 Å². The number of amides is 7. The third-order valence-electron chi connectivity index (χ3n) is 14.4. The summed E-state index contributed by atoms with van der Waals surface area (Å²) in [7, 11) is 3.42. The normalized spacial score (nSPS) is 22.6. The van der Waals surface area contributed by atoms with E-state index in [0.29, 0.717) is 5.69 Å². The van der Waals surface area contributed by atoms with Gasteiger partial charge < -0.3 is 47.0 Å². The highest BCUT2D eigenvalue weighted by Crippen LogP contribution is 2.35. The Kier molecular flexibility index (Phi) is 15.3. The van der Waals surface area contributed by atoms with E-state index in [9.17, 15) is 28.8 Å². The van der Waals surface area contributed by atoms with Gasteiger partial charge in [-0.1, -0.05) is 96.1 Å². The summed E-state index contributed by atoms with van der Waals surface area (Å²) < 4.78 is 0. The molecule has 0 spiro atoms. The van der Waals surface area contributed by atoms with Gasteiger partial charge in [-0.25, -0.2) is 4.79 Å². The van der Waals surface area contributed by atoms with Crippen LogP contribution in [0.5, 0.6) is 0 Å². The van der Waals surface area contributed by atoms with E-state index in [2.05, 4.69) is 61.5 Å². The topological polar surface area (TPSA) is 193 Å². The van der Waals surface area contributed by atoms with Crippen LogP contribution < -0.4 is 37.2 Å². The van der Waals surface area contributed by atoms with Gasteiger partial charge in [0.15, 0.2) is 0 Å². The second-order valence-corrected chi connectivity index (χ2v) is 21.4. The number of carbonyl (C=O) groups is 6. The van der Waals surface area contributed by atoms with Crippen molar-refractivity contribution >= 4 is 41.3 Å². The molecule has 0 saturated carbocycles. The number of hydrogen-bond acceptors (Lipinski definition) is 8. The SMILES string of the molecule is CN[C@@H](C)C(=O)NC(C(=O)N1Cc2cc(NC(=O)N[C@H]3C[C@@H](C(=O)N[C@@H]4CCCc5ccccc54)N(C(=O)[C@@H](NC)C(C)(C)C)C3)ccc2C[C@H]1C(=O)N[C@@H]1CCCc2ccccc21)C(C)(C)C. The van der Waals surface area contributed by atoms with E-state index >= 15 is 0 Å². The molecule has 68 heavy (non-hydrogen) atoms. The van der Waals surface area contributed by atoms with Gasteiger partial charge in [-0.3, -0.25) is 24.0 Å². The number of likely N-dealkylation sites (tertiary alicyclic amines) is 1. The van der Waals surface area contributed by atoms with E-state index in [4.69, 9.17) is 0 Å². The number of fused-ring (bicyclic) bond motifs is 3. The molecule has 0 radical (unpaired) electrons. The van der Waals surface area contributed by atoms with Crippen LogP contribution >= 0.6 is 0 Å². The quantitative estimate of drug-likeness (QED) is 0.129. The minimum Gasteiger partial charge on any atom is -0.347 e. The number of aryl methyl sites for hydroxylation is 2. The molecule has 8 atom stereocenters. The second-order valence-electron chi connectivity index (χ2n) is 21.4. The third-order valence-corrected chi connectivity index (χ3v) is 14.4. The first kappa shape index (κ1) is 50.1. The van der Waals surface area contributed by atoms with Crippen LogP contribution in [0.15, 0.2) is 66.7 Å². The Morgan fingerprint density at radius 3 is 1.75 bits per heavy atom. The van der Waals surface area contributed by atoms with Crippen molar-refractivity contribution in [3.8, 4) is 0 Å². The Bertz CT molecular complexity index is 2370. The fraction of sp³-hybridized carbons (Fsp3) is 0.547. The van der Waals surface area contributed by atoms with Gasteiger partial charge in [0.1, 0.15) is 18.1 Å². The number of benzene rings is 3. The highest BCUT2D eigenvalue weighted by atomic mass is 16.2. The number of nitrogens with zero attached hydrogens (tertiary/aromatic N) is 2. The zero-order valence-corrected chi connectivity index (χ0v) is 41.4. The molecule has 1 unspecified atom stereocenters. The molecule has 0 aromatic heterocycles. The first-order valence-electron chi connectivity index (χ1n) is 24.5. The van der Waals surface area contributed by atoms with Crippen molar-refractivity contribution in [2.45, 2.75) is 155 Å². The largest absolute Gasteiger partial charge is 0.347 e. The van der Waals surface area contributed by atoms with Gasteiger partial charge in [-0.2, -0.15) is 0 Å². The van der Waals surface area contributed by atoms with Crippen LogP contribution in [0.2, 0.25) is 0 Å². The molecule has 2 aliphatic carbocycles. The molecule has 4 aliphatic rings. The van der Waals surface area contributed by atoms with Crippen molar-refractivity contribution in [1.82, 2.24) is 41.7 Å². The fourth-order valence-electron chi connectivity index (χ4n) is 10.6. The predicted molar refractivity (Wildman–Crippen MR) is 263 cm³/mol. The number of likely N-dealkylation sites (N-methyl/N-ethyl adjacent to an activating group) is 2. The maximum Gasteiger partial charge on any atom is 0.319 e. The Balaban J connectivity index is 1.10. The number of urea groups is 1. The highest BCUT2D eigenvalue weighted by Gasteiger charge is 2.46. The lowest BCUT2D eigenvalue weighted by Gasteiger charge is -2.42. The molecule has 366 valence electrons. The van der Waals surface area contributed by atoms with Gasteiger partial charge in [0, 0.05) is 25.2 Å². The van der Waals surface area contributed by atoms with E-state index in [1.54, 1.807) is 36.9 Å². The van der Waals surface area contributed by atoms with Crippen LogP contribution in [0.3, 0.4) is 0 Å². The average Bonchev–Trinajstić information content (AvgIpc) is 3.73. The van der Waals surface area contributed by atoms with Crippen molar-refractivity contribution in [1.29, 1.82) is 0 Å². The average molecular weight is 932 g/mol. The number of rotatable bonds is 12. The first-order valence-corrected chi connectivity index (χ1v) is 24.5. The number of hydrogen-bond donors (Lipinski definition) is 7. The summed E-state index contributed by atoms with van der Waals surface area (Å²) in [5.41, 5.74) is 5.55. The molecule has 1 fully saturated rings. The lowest BCUT2D eigenvalue weighted by Crippen LogP contribution is -2.62. The molecule has 7 rings (SSSR count). The summed E-state index contributed by atoms with van der Waals surface area (Å²) in [5, 5.41) is 21.6. The van der Waals surface area contributed by atoms with Crippen molar-refractivity contribution in [2.75, 3.05) is 26.0 Å². The lowest BCUT2D eigenvalue weighted by molar-refractivity contribution is -0.147. The molecule has 2 aliphatic heterocycles. The van der Waals surface area contributed by atoms with Crippen LogP contribution in [0.1, 0.15) is 126 Å². The Morgan fingerprint density at radius 2 is 1.19 bits per heavy atom. The van der Waals surface area contributed by atoms with Gasteiger partial charge in [-0.05, 0) is 122 Å². The number of carbonyl (C=O) groups excluding carboxylic acids is 6. The summed E-state index contributed by atoms with van der Waals surface area (Å²) in [6.07, 6.45) is 5.82. The minimum absolute atomic E-state index is 0.0665. The van der Waals surface area contributed by atoms with Crippen molar-refractivity contribution in [2.24, 2.45) is 10.8 Å². The Labute approximate surface area is 402 Å². The zero-order chi connectivity index (χ0) is 49.1. The molecule has 15 nitrogen and oxygen atoms in total. The molecule has 7 amide bonds. The van der Waals surface area contributed by atoms with Crippen LogP contribution in [0, 0.1) is 10.8 Å². The molecule has 3 aromatic carbocycles. The maximum atomic E-state index is 14.9. The second kappa shape index (κ2) is 20.8. The number of nitrogens with one attached hydrogen (secondary N) is 7. The van der Waals surface area contributed by atoms with E-state index < -0.39 is 53.1 Å². The van der Waals surface area contributed by atoms with Crippen molar-refractivity contribution in [3.05, 3.63) is 100 Å². The standard InChI is InChI=1S/C53H73N9O6/c1-31(54-8)46(63)60-45(53(5,6)7)50(67)61-29-35-26-36(25-24-34(35)27-42(61)47(64)58-40-22-14-18-32-16-10-12-20-38(32)40)56-51(68)57-37-28-43(62(30-37)49(66)44(55-9)52(2,3)4)48(65)59-41-23-15-19-33-17-11-13-21-39(33)41/h10-13,16-17,20-21,24-26,31,37,40-45,54-55H,14-15,18-19,22-23,27-30H2,1-9H3,(H,58,64)(H,59,65)(H,60,63)(H2,56,57,68)/t31-,37-,40+,41+,42-,43-,44+,45?/m0/s1. The van der Waals surface area contributed by atoms with E-state index in [-0.39, 0.29) is 67.6 Å². The van der Waals surface area contributed by atoms with Crippen LogP contribution in [-0.4, -0.2) is 102 Å². The maximum absolute atomic E-state index is 14.9. The molecule has 3 aromatic rings. The summed E-state index contributed by atoms with van der Waals surface area (Å²) in [6, 6.07) is 16.7. The molecule has 15 heteroatoms. The number of anilines is 1. The molecule has 1 saturated heterocycles. The predicted octanol–water partition coefficient (Wildman–Crippen LogP) is 5.19. The molecular weight excluding hydrogens is 859 g/mol. The van der Waals surface area contributed by atoms with Gasteiger partial charge in [0.2, 0.25) is 29.5 Å². The van der Waals surface area contributed by atoms with Gasteiger partial charge >= 0.3 is 6.03 Å². The Hall–Kier alpha value is -5.80. The molecule has 7 N–H and O–H groups in total. The monoisotopic (exact) mass is 932 g/mol. The van der Waals surface area contributed by atoms with E-state index in [1.807, 2.05) is 77.9 Å². The third kappa shape index (κ3) is 11.2. The van der Waals surface area contributed by atoms with Crippen LogP contribution in [-0.2, 0) is 49.8 Å².